The number of imidazole rings is 1. The fourth-order valence-electron chi connectivity index (χ4n) is 2.97. The van der Waals surface area contributed by atoms with Crippen molar-refractivity contribution in [1.82, 2.24) is 14.3 Å². The summed E-state index contributed by atoms with van der Waals surface area (Å²) in [5.41, 5.74) is 2.92. The van der Waals surface area contributed by atoms with Crippen molar-refractivity contribution in [2.24, 2.45) is 0 Å². The lowest BCUT2D eigenvalue weighted by atomic mass is 10.2. The maximum Gasteiger partial charge on any atom is 0.272 e. The van der Waals surface area contributed by atoms with E-state index in [0.29, 0.717) is 12.2 Å². The number of benzene rings is 1. The molecule has 1 aromatic carbocycles. The molecule has 0 aliphatic heterocycles. The fraction of sp³-hybridized carbons (Fsp3) is 0.158. The van der Waals surface area contributed by atoms with E-state index in [1.165, 1.54) is 0 Å². The molecule has 5 nitrogen and oxygen atoms in total. The topological polar surface area (TPSA) is 50.8 Å². The van der Waals surface area contributed by atoms with Gasteiger partial charge in [0.2, 0.25) is 0 Å². The van der Waals surface area contributed by atoms with E-state index in [9.17, 15) is 4.79 Å². The van der Waals surface area contributed by atoms with Crippen molar-refractivity contribution in [2.45, 2.75) is 13.5 Å². The average Bonchev–Trinajstić information content (AvgIpc) is 3.13. The Hall–Kier alpha value is -3.08. The van der Waals surface area contributed by atoms with Gasteiger partial charge in [0.25, 0.3) is 5.91 Å². The Labute approximate surface area is 139 Å². The van der Waals surface area contributed by atoms with E-state index in [1.807, 2.05) is 66.1 Å². The molecule has 0 saturated carbocycles. The highest BCUT2D eigenvalue weighted by molar-refractivity contribution is 5.94. The van der Waals surface area contributed by atoms with Crippen LogP contribution in [0.15, 0.2) is 59.1 Å². The highest BCUT2D eigenvalue weighted by Crippen LogP contribution is 2.21. The molecule has 3 heterocycles. The van der Waals surface area contributed by atoms with Crippen molar-refractivity contribution in [3.63, 3.8) is 0 Å². The first-order valence-corrected chi connectivity index (χ1v) is 7.80. The van der Waals surface area contributed by atoms with Crippen LogP contribution in [0.5, 0.6) is 0 Å². The predicted molar refractivity (Wildman–Crippen MR) is 91.9 cm³/mol. The molecule has 0 spiro atoms. The van der Waals surface area contributed by atoms with Crippen molar-refractivity contribution >= 4 is 22.5 Å². The number of hydrogen-bond acceptors (Lipinski definition) is 3. The van der Waals surface area contributed by atoms with Gasteiger partial charge in [-0.1, -0.05) is 24.3 Å². The molecule has 1 amide bonds. The zero-order valence-corrected chi connectivity index (χ0v) is 13.6. The summed E-state index contributed by atoms with van der Waals surface area (Å²) >= 11 is 0. The number of carbonyl (C=O) groups excluding carboxylic acids is 1. The monoisotopic (exact) mass is 319 g/mol. The molecule has 0 fully saturated rings. The molecule has 0 bridgehead atoms. The number of para-hydroxylation sites is 1. The lowest BCUT2D eigenvalue weighted by Crippen LogP contribution is -2.27. The molecule has 4 rings (SSSR count). The molecule has 0 atom stereocenters. The Bertz CT molecular complexity index is 1010. The Morgan fingerprint density at radius 3 is 2.83 bits per heavy atom. The third-order valence-corrected chi connectivity index (χ3v) is 4.12. The highest BCUT2D eigenvalue weighted by Gasteiger charge is 2.21. The number of pyridine rings is 1. The largest absolute Gasteiger partial charge is 0.459 e. The predicted octanol–water partition coefficient (Wildman–Crippen LogP) is 3.66. The van der Waals surface area contributed by atoms with Crippen LogP contribution >= 0.6 is 0 Å². The number of hydrogen-bond donors (Lipinski definition) is 0. The lowest BCUT2D eigenvalue weighted by Gasteiger charge is -2.15. The Balaban J connectivity index is 1.64. The summed E-state index contributed by atoms with van der Waals surface area (Å²) in [5.74, 6) is 0.685. The third kappa shape index (κ3) is 2.34. The van der Waals surface area contributed by atoms with Crippen LogP contribution in [0.25, 0.3) is 16.6 Å². The van der Waals surface area contributed by atoms with Gasteiger partial charge in [-0.25, -0.2) is 4.98 Å². The van der Waals surface area contributed by atoms with Gasteiger partial charge in [0, 0.05) is 18.6 Å². The van der Waals surface area contributed by atoms with Crippen LogP contribution in [-0.4, -0.2) is 27.2 Å². The standard InChI is InChI=1S/C19H17N3O2/c1-13-18(22-10-6-5-9-17(22)20-13)19(23)21(2)12-15-11-14-7-3-4-8-16(14)24-15/h3-11H,12H2,1-2H3. The second-order valence-corrected chi connectivity index (χ2v) is 5.89. The molecule has 3 aromatic heterocycles. The van der Waals surface area contributed by atoms with Crippen LogP contribution in [-0.2, 0) is 6.54 Å². The van der Waals surface area contributed by atoms with Crippen molar-refractivity contribution in [1.29, 1.82) is 0 Å². The number of nitrogens with zero attached hydrogens (tertiary/aromatic N) is 3. The molecule has 0 unspecified atom stereocenters. The lowest BCUT2D eigenvalue weighted by molar-refractivity contribution is 0.0768. The number of rotatable bonds is 3. The van der Waals surface area contributed by atoms with Crippen molar-refractivity contribution in [3.8, 4) is 0 Å². The Morgan fingerprint density at radius 2 is 2.00 bits per heavy atom. The van der Waals surface area contributed by atoms with E-state index >= 15 is 0 Å². The summed E-state index contributed by atoms with van der Waals surface area (Å²) in [6, 6.07) is 15.5. The normalized spacial score (nSPS) is 11.2. The van der Waals surface area contributed by atoms with Crippen LogP contribution in [0.4, 0.5) is 0 Å². The zero-order valence-electron chi connectivity index (χ0n) is 13.6. The summed E-state index contributed by atoms with van der Waals surface area (Å²) < 4.78 is 7.63. The SMILES string of the molecule is Cc1nc2ccccn2c1C(=O)N(C)Cc1cc2ccccc2o1. The fourth-order valence-corrected chi connectivity index (χ4v) is 2.97. The number of furan rings is 1. The molecule has 0 N–H and O–H groups in total. The molecule has 120 valence electrons. The number of amides is 1. The zero-order chi connectivity index (χ0) is 16.7. The van der Waals surface area contributed by atoms with E-state index < -0.39 is 0 Å². The van der Waals surface area contributed by atoms with E-state index in [1.54, 1.807) is 11.9 Å². The van der Waals surface area contributed by atoms with Gasteiger partial charge in [-0.2, -0.15) is 0 Å². The third-order valence-electron chi connectivity index (χ3n) is 4.12. The summed E-state index contributed by atoms with van der Waals surface area (Å²) in [5, 5.41) is 1.04. The quantitative estimate of drug-likeness (QED) is 0.579. The number of fused-ring (bicyclic) bond motifs is 2. The summed E-state index contributed by atoms with van der Waals surface area (Å²) in [6.07, 6.45) is 1.86. The minimum atomic E-state index is -0.0772. The van der Waals surface area contributed by atoms with Crippen molar-refractivity contribution in [3.05, 3.63) is 71.9 Å². The molecular weight excluding hydrogens is 302 g/mol. The minimum Gasteiger partial charge on any atom is -0.459 e. The second-order valence-electron chi connectivity index (χ2n) is 5.89. The highest BCUT2D eigenvalue weighted by atomic mass is 16.3. The number of carbonyl (C=O) groups is 1. The molecule has 0 radical (unpaired) electrons. The second kappa shape index (κ2) is 5.53. The molecule has 4 aromatic rings. The number of aromatic nitrogens is 2. The smallest absolute Gasteiger partial charge is 0.272 e. The maximum absolute atomic E-state index is 12.9. The number of aryl methyl sites for hydroxylation is 1. The summed E-state index contributed by atoms with van der Waals surface area (Å²) in [7, 11) is 1.78. The minimum absolute atomic E-state index is 0.0772. The van der Waals surface area contributed by atoms with Gasteiger partial charge in [0.05, 0.1) is 12.2 Å². The van der Waals surface area contributed by atoms with Crippen LogP contribution in [0.2, 0.25) is 0 Å². The maximum atomic E-state index is 12.9. The first-order valence-electron chi connectivity index (χ1n) is 7.80. The Morgan fingerprint density at radius 1 is 1.21 bits per heavy atom. The first kappa shape index (κ1) is 14.5. The van der Waals surface area contributed by atoms with Crippen LogP contribution < -0.4 is 0 Å². The molecule has 0 saturated heterocycles. The summed E-state index contributed by atoms with van der Waals surface area (Å²) in [6.45, 7) is 2.27. The van der Waals surface area contributed by atoms with Crippen LogP contribution in [0, 0.1) is 6.92 Å². The van der Waals surface area contributed by atoms with Gasteiger partial charge in [-0.15, -0.1) is 0 Å². The van der Waals surface area contributed by atoms with Crippen molar-refractivity contribution in [2.75, 3.05) is 7.05 Å². The van der Waals surface area contributed by atoms with E-state index in [-0.39, 0.29) is 5.91 Å². The first-order chi connectivity index (χ1) is 11.6. The molecule has 24 heavy (non-hydrogen) atoms. The van der Waals surface area contributed by atoms with E-state index in [2.05, 4.69) is 4.98 Å². The molecular formula is C19H17N3O2. The van der Waals surface area contributed by atoms with Gasteiger partial charge in [-0.3, -0.25) is 9.20 Å². The van der Waals surface area contributed by atoms with Gasteiger partial charge in [0.15, 0.2) is 0 Å². The molecule has 0 aliphatic carbocycles. The van der Waals surface area contributed by atoms with E-state index in [0.717, 1.165) is 28.1 Å². The Kier molecular flexibility index (Phi) is 3.34. The van der Waals surface area contributed by atoms with E-state index in [4.69, 9.17) is 4.42 Å². The molecule has 0 aliphatic rings. The van der Waals surface area contributed by atoms with Crippen LogP contribution in [0.3, 0.4) is 0 Å². The van der Waals surface area contributed by atoms with Crippen LogP contribution in [0.1, 0.15) is 21.9 Å². The van der Waals surface area contributed by atoms with Gasteiger partial charge < -0.3 is 9.32 Å². The molecule has 5 heteroatoms. The van der Waals surface area contributed by atoms with Gasteiger partial charge in [0.1, 0.15) is 22.7 Å². The van der Waals surface area contributed by atoms with Crippen molar-refractivity contribution < 1.29 is 9.21 Å². The average molecular weight is 319 g/mol. The van der Waals surface area contributed by atoms with Gasteiger partial charge in [-0.05, 0) is 31.2 Å². The summed E-state index contributed by atoms with van der Waals surface area (Å²) in [4.78, 5) is 19.0. The van der Waals surface area contributed by atoms with Gasteiger partial charge >= 0.3 is 0 Å².